The fraction of sp³-hybridized carbons (Fsp3) is 0.143. The topological polar surface area (TPSA) is 95.6 Å². The molecule has 0 aliphatic heterocycles. The number of halogens is 1. The Morgan fingerprint density at radius 2 is 1.95 bits per heavy atom. The molecule has 0 aromatic heterocycles. The van der Waals surface area contributed by atoms with Gasteiger partial charge in [0.25, 0.3) is 0 Å². The minimum absolute atomic E-state index is 0.00803. The zero-order valence-corrected chi connectivity index (χ0v) is 11.1. The number of benzene rings is 2. The lowest BCUT2D eigenvalue weighted by Gasteiger charge is -2.17. The summed E-state index contributed by atoms with van der Waals surface area (Å²) in [7, 11) is 0. The highest BCUT2D eigenvalue weighted by Crippen LogP contribution is 2.31. The molecule has 110 valence electrons. The van der Waals surface area contributed by atoms with Crippen LogP contribution < -0.4 is 5.32 Å². The van der Waals surface area contributed by atoms with E-state index in [0.717, 1.165) is 12.1 Å². The van der Waals surface area contributed by atoms with E-state index < -0.39 is 22.5 Å². The van der Waals surface area contributed by atoms with E-state index in [9.17, 15) is 24.7 Å². The van der Waals surface area contributed by atoms with Crippen molar-refractivity contribution in [2.45, 2.75) is 13.0 Å². The Morgan fingerprint density at radius 1 is 1.24 bits per heavy atom. The minimum atomic E-state index is -0.947. The molecule has 2 rings (SSSR count). The molecule has 1 atom stereocenters. The Labute approximate surface area is 119 Å². The summed E-state index contributed by atoms with van der Waals surface area (Å²) in [5, 5.41) is 32.6. The molecule has 0 saturated carbocycles. The zero-order valence-electron chi connectivity index (χ0n) is 11.1. The van der Waals surface area contributed by atoms with Gasteiger partial charge in [-0.1, -0.05) is 0 Å². The highest BCUT2D eigenvalue weighted by molar-refractivity contribution is 5.52. The molecular formula is C14H13FN2O4. The van der Waals surface area contributed by atoms with Gasteiger partial charge in [0.1, 0.15) is 11.5 Å². The largest absolute Gasteiger partial charge is 0.508 e. The van der Waals surface area contributed by atoms with Crippen LogP contribution in [0, 0.1) is 15.9 Å². The molecule has 0 radical (unpaired) electrons. The van der Waals surface area contributed by atoms with Crippen LogP contribution in [0.1, 0.15) is 18.5 Å². The number of nitrogens with zero attached hydrogens (tertiary/aromatic N) is 1. The summed E-state index contributed by atoms with van der Waals surface area (Å²) in [6.07, 6.45) is 0. The summed E-state index contributed by atoms with van der Waals surface area (Å²) >= 11 is 0. The Balaban J connectivity index is 2.23. The van der Waals surface area contributed by atoms with Crippen molar-refractivity contribution >= 4 is 11.4 Å². The highest BCUT2D eigenvalue weighted by atomic mass is 19.1. The van der Waals surface area contributed by atoms with Gasteiger partial charge in [-0.3, -0.25) is 10.1 Å². The molecule has 3 N–H and O–H groups in total. The monoisotopic (exact) mass is 292 g/mol. The number of nitro groups is 1. The van der Waals surface area contributed by atoms with Gasteiger partial charge in [0.15, 0.2) is 0 Å². The van der Waals surface area contributed by atoms with Gasteiger partial charge in [0, 0.05) is 23.4 Å². The molecule has 21 heavy (non-hydrogen) atoms. The second kappa shape index (κ2) is 5.66. The first-order valence-corrected chi connectivity index (χ1v) is 6.11. The lowest BCUT2D eigenvalue weighted by molar-refractivity contribution is -0.387. The van der Waals surface area contributed by atoms with E-state index in [0.29, 0.717) is 11.3 Å². The number of nitrogens with one attached hydrogen (secondary N) is 1. The van der Waals surface area contributed by atoms with Gasteiger partial charge in [-0.15, -0.1) is 0 Å². The first kappa shape index (κ1) is 14.6. The summed E-state index contributed by atoms with van der Waals surface area (Å²) in [6, 6.07) is 7.09. The molecule has 1 unspecified atom stereocenters. The molecule has 0 aliphatic carbocycles. The van der Waals surface area contributed by atoms with Crippen LogP contribution in [0.3, 0.4) is 0 Å². The average molecular weight is 292 g/mol. The Hall–Kier alpha value is -2.83. The maximum atomic E-state index is 13.5. The first-order chi connectivity index (χ1) is 9.88. The Morgan fingerprint density at radius 3 is 2.57 bits per heavy atom. The van der Waals surface area contributed by atoms with Crippen molar-refractivity contribution in [3.05, 3.63) is 57.9 Å². The predicted octanol–water partition coefficient (Wildman–Crippen LogP) is 3.32. The fourth-order valence-corrected chi connectivity index (χ4v) is 1.96. The molecule has 0 fully saturated rings. The van der Waals surface area contributed by atoms with E-state index >= 15 is 0 Å². The van der Waals surface area contributed by atoms with Gasteiger partial charge < -0.3 is 15.5 Å². The Bertz CT molecular complexity index is 691. The molecule has 0 aliphatic rings. The van der Waals surface area contributed by atoms with E-state index in [1.54, 1.807) is 6.92 Å². The third kappa shape index (κ3) is 3.19. The summed E-state index contributed by atoms with van der Waals surface area (Å²) in [6.45, 7) is 1.70. The summed E-state index contributed by atoms with van der Waals surface area (Å²) in [5.74, 6) is -0.973. The lowest BCUT2D eigenvalue weighted by atomic mass is 10.1. The number of phenols is 2. The number of aromatic hydroxyl groups is 2. The van der Waals surface area contributed by atoms with Gasteiger partial charge >= 0.3 is 5.69 Å². The summed E-state index contributed by atoms with van der Waals surface area (Å²) in [5.41, 5.74) is 0.149. The third-order valence-electron chi connectivity index (χ3n) is 3.01. The van der Waals surface area contributed by atoms with E-state index in [4.69, 9.17) is 0 Å². The maximum Gasteiger partial charge on any atom is 0.304 e. The third-order valence-corrected chi connectivity index (χ3v) is 3.01. The second-order valence-electron chi connectivity index (χ2n) is 4.53. The molecule has 0 bridgehead atoms. The molecule has 6 nitrogen and oxygen atoms in total. The van der Waals surface area contributed by atoms with Crippen LogP contribution in [-0.2, 0) is 0 Å². The van der Waals surface area contributed by atoms with E-state index in [2.05, 4.69) is 5.32 Å². The zero-order chi connectivity index (χ0) is 15.6. The maximum absolute atomic E-state index is 13.5. The molecule has 7 heteroatoms. The van der Waals surface area contributed by atoms with Crippen molar-refractivity contribution in [3.63, 3.8) is 0 Å². The summed E-state index contributed by atoms with van der Waals surface area (Å²) < 4.78 is 13.5. The number of hydrogen-bond donors (Lipinski definition) is 3. The molecule has 0 heterocycles. The summed E-state index contributed by atoms with van der Waals surface area (Å²) in [4.78, 5) is 9.74. The number of anilines is 1. The molecule has 2 aromatic carbocycles. The molecule has 0 amide bonds. The van der Waals surface area contributed by atoms with Gasteiger partial charge in [0.05, 0.1) is 11.0 Å². The Kier molecular flexibility index (Phi) is 3.93. The number of rotatable bonds is 4. The minimum Gasteiger partial charge on any atom is -0.508 e. The molecule has 0 saturated heterocycles. The van der Waals surface area contributed by atoms with Crippen LogP contribution >= 0.6 is 0 Å². The quantitative estimate of drug-likeness (QED) is 0.456. The van der Waals surface area contributed by atoms with Crippen molar-refractivity contribution in [1.82, 2.24) is 0 Å². The first-order valence-electron chi connectivity index (χ1n) is 6.11. The van der Waals surface area contributed by atoms with Crippen LogP contribution in [0.15, 0.2) is 36.4 Å². The smallest absolute Gasteiger partial charge is 0.304 e. The number of hydrogen-bond acceptors (Lipinski definition) is 5. The van der Waals surface area contributed by atoms with E-state index in [1.165, 1.54) is 24.3 Å². The van der Waals surface area contributed by atoms with Crippen LogP contribution in [-0.4, -0.2) is 15.1 Å². The fourth-order valence-electron chi connectivity index (χ4n) is 1.96. The van der Waals surface area contributed by atoms with Gasteiger partial charge in [-0.2, -0.15) is 4.39 Å². The van der Waals surface area contributed by atoms with Crippen molar-refractivity contribution in [2.24, 2.45) is 0 Å². The van der Waals surface area contributed by atoms with Crippen molar-refractivity contribution < 1.29 is 19.5 Å². The second-order valence-corrected chi connectivity index (χ2v) is 4.53. The molecular weight excluding hydrogens is 279 g/mol. The normalized spacial score (nSPS) is 11.9. The van der Waals surface area contributed by atoms with Crippen LogP contribution in [0.4, 0.5) is 15.8 Å². The van der Waals surface area contributed by atoms with Crippen molar-refractivity contribution in [3.8, 4) is 11.5 Å². The van der Waals surface area contributed by atoms with Crippen LogP contribution in [0.5, 0.6) is 11.5 Å². The number of nitro benzene ring substituents is 1. The van der Waals surface area contributed by atoms with E-state index in [-0.39, 0.29) is 11.5 Å². The van der Waals surface area contributed by atoms with Gasteiger partial charge in [-0.25, -0.2) is 0 Å². The number of phenolic OH excluding ortho intramolecular Hbond substituents is 2. The van der Waals surface area contributed by atoms with Crippen molar-refractivity contribution in [2.75, 3.05) is 5.32 Å². The van der Waals surface area contributed by atoms with Crippen molar-refractivity contribution in [1.29, 1.82) is 0 Å². The van der Waals surface area contributed by atoms with Crippen LogP contribution in [0.25, 0.3) is 0 Å². The van der Waals surface area contributed by atoms with E-state index in [1.807, 2.05) is 0 Å². The average Bonchev–Trinajstić information content (AvgIpc) is 2.41. The van der Waals surface area contributed by atoms with Gasteiger partial charge in [0.2, 0.25) is 5.82 Å². The lowest BCUT2D eigenvalue weighted by Crippen LogP contribution is -2.07. The van der Waals surface area contributed by atoms with Crippen LogP contribution in [0.2, 0.25) is 0 Å². The predicted molar refractivity (Wildman–Crippen MR) is 74.9 cm³/mol. The van der Waals surface area contributed by atoms with Gasteiger partial charge in [-0.05, 0) is 31.2 Å². The molecule has 2 aromatic rings. The SMILES string of the molecule is CC(Nc1ccc([N+](=O)[O-])c(F)c1)c1cc(O)ccc1O. The molecule has 0 spiro atoms. The highest BCUT2D eigenvalue weighted by Gasteiger charge is 2.16. The standard InChI is InChI=1S/C14H13FN2O4/c1-8(11-7-10(18)3-5-14(11)19)16-9-2-4-13(17(20)21)12(15)6-9/h2-8,16,18-19H,1H3.